The number of benzene rings is 1. The normalized spacial score (nSPS) is 12.5. The van der Waals surface area contributed by atoms with Gasteiger partial charge in [-0.05, 0) is 30.4 Å². The predicted octanol–water partition coefficient (Wildman–Crippen LogP) is 3.38. The van der Waals surface area contributed by atoms with Gasteiger partial charge in [0, 0.05) is 5.02 Å². The van der Waals surface area contributed by atoms with Crippen molar-refractivity contribution in [1.82, 2.24) is 0 Å². The third kappa shape index (κ3) is 3.52. The van der Waals surface area contributed by atoms with E-state index in [0.717, 1.165) is 17.3 Å². The molecular weight excluding hydrogens is 239 g/mol. The number of halogens is 2. The average Bonchev–Trinajstić information content (AvgIpc) is 2.20. The highest BCUT2D eigenvalue weighted by molar-refractivity contribution is 8.13. The zero-order valence-electron chi connectivity index (χ0n) is 7.67. The van der Waals surface area contributed by atoms with Gasteiger partial charge in [-0.1, -0.05) is 35.5 Å². The molecule has 0 saturated heterocycles. The summed E-state index contributed by atoms with van der Waals surface area (Å²) in [6.45, 7) is 0. The van der Waals surface area contributed by atoms with Gasteiger partial charge in [0.25, 0.3) is 0 Å². The Balaban J connectivity index is 2.60. The quantitative estimate of drug-likeness (QED) is 0.764. The SMILES string of the molecule is CSC(=O)C(Cl)Cc1ccc(Cl)cc1. The van der Waals surface area contributed by atoms with Gasteiger partial charge in [-0.3, -0.25) is 4.79 Å². The van der Waals surface area contributed by atoms with Gasteiger partial charge in [0.05, 0.1) is 0 Å². The third-order valence-corrected chi connectivity index (χ3v) is 3.21. The first-order chi connectivity index (χ1) is 6.63. The van der Waals surface area contributed by atoms with Crippen LogP contribution in [0, 0.1) is 0 Å². The van der Waals surface area contributed by atoms with Gasteiger partial charge in [0.1, 0.15) is 5.38 Å². The Morgan fingerprint density at radius 2 is 2.00 bits per heavy atom. The summed E-state index contributed by atoms with van der Waals surface area (Å²) in [5, 5.41) is 0.240. The summed E-state index contributed by atoms with van der Waals surface area (Å²) >= 11 is 12.8. The minimum Gasteiger partial charge on any atom is -0.286 e. The Kier molecular flexibility index (Phi) is 4.79. The monoisotopic (exact) mass is 248 g/mol. The zero-order chi connectivity index (χ0) is 10.6. The van der Waals surface area contributed by atoms with Gasteiger partial charge in [0.15, 0.2) is 0 Å². The first-order valence-electron chi connectivity index (χ1n) is 4.10. The Bertz CT molecular complexity index is 310. The third-order valence-electron chi connectivity index (χ3n) is 1.79. The number of rotatable bonds is 3. The minimum atomic E-state index is -0.453. The van der Waals surface area contributed by atoms with E-state index in [1.807, 2.05) is 12.1 Å². The van der Waals surface area contributed by atoms with Crippen LogP contribution in [0.25, 0.3) is 0 Å². The van der Waals surface area contributed by atoms with Crippen LogP contribution in [0.2, 0.25) is 5.02 Å². The summed E-state index contributed by atoms with van der Waals surface area (Å²) in [7, 11) is 0. The number of hydrogen-bond donors (Lipinski definition) is 0. The predicted molar refractivity (Wildman–Crippen MR) is 63.3 cm³/mol. The molecule has 76 valence electrons. The fourth-order valence-corrected chi connectivity index (χ4v) is 1.95. The highest BCUT2D eigenvalue weighted by Gasteiger charge is 2.14. The van der Waals surface area contributed by atoms with Crippen molar-refractivity contribution in [3.05, 3.63) is 34.9 Å². The largest absolute Gasteiger partial charge is 0.286 e. The summed E-state index contributed by atoms with van der Waals surface area (Å²) in [6, 6.07) is 7.35. The molecule has 1 aromatic carbocycles. The Morgan fingerprint density at radius 1 is 1.43 bits per heavy atom. The van der Waals surface area contributed by atoms with Crippen molar-refractivity contribution in [2.24, 2.45) is 0 Å². The van der Waals surface area contributed by atoms with E-state index < -0.39 is 5.38 Å². The van der Waals surface area contributed by atoms with E-state index in [2.05, 4.69) is 0 Å². The molecule has 0 aliphatic heterocycles. The van der Waals surface area contributed by atoms with E-state index in [4.69, 9.17) is 23.2 Å². The number of carbonyl (C=O) groups excluding carboxylic acids is 1. The average molecular weight is 249 g/mol. The second-order valence-electron chi connectivity index (χ2n) is 2.82. The second-order valence-corrected chi connectivity index (χ2v) is 4.60. The van der Waals surface area contributed by atoms with Crippen LogP contribution in [0.15, 0.2) is 24.3 Å². The number of alkyl halides is 1. The highest BCUT2D eigenvalue weighted by Crippen LogP contribution is 2.16. The van der Waals surface area contributed by atoms with Crippen molar-refractivity contribution >= 4 is 40.1 Å². The molecule has 0 heterocycles. The first kappa shape index (κ1) is 11.9. The number of thioether (sulfide) groups is 1. The van der Waals surface area contributed by atoms with E-state index in [1.165, 1.54) is 0 Å². The van der Waals surface area contributed by atoms with E-state index in [-0.39, 0.29) is 5.12 Å². The highest BCUT2D eigenvalue weighted by atomic mass is 35.5. The van der Waals surface area contributed by atoms with Crippen molar-refractivity contribution < 1.29 is 4.79 Å². The van der Waals surface area contributed by atoms with Crippen LogP contribution in [-0.2, 0) is 11.2 Å². The molecule has 1 aromatic rings. The van der Waals surface area contributed by atoms with Gasteiger partial charge in [0.2, 0.25) is 5.12 Å². The molecule has 1 atom stereocenters. The second kappa shape index (κ2) is 5.64. The first-order valence-corrected chi connectivity index (χ1v) is 6.13. The number of carbonyl (C=O) groups is 1. The molecule has 0 N–H and O–H groups in total. The zero-order valence-corrected chi connectivity index (χ0v) is 9.99. The van der Waals surface area contributed by atoms with Crippen molar-refractivity contribution in [2.75, 3.05) is 6.26 Å². The molecule has 0 aromatic heterocycles. The van der Waals surface area contributed by atoms with Crippen LogP contribution in [0.1, 0.15) is 5.56 Å². The topological polar surface area (TPSA) is 17.1 Å². The van der Waals surface area contributed by atoms with Crippen molar-refractivity contribution in [1.29, 1.82) is 0 Å². The molecule has 1 nitrogen and oxygen atoms in total. The van der Waals surface area contributed by atoms with Crippen LogP contribution in [0.5, 0.6) is 0 Å². The van der Waals surface area contributed by atoms with E-state index in [1.54, 1.807) is 18.4 Å². The smallest absolute Gasteiger partial charge is 0.206 e. The molecule has 1 rings (SSSR count). The summed E-state index contributed by atoms with van der Waals surface area (Å²) in [5.74, 6) is 0. The summed E-state index contributed by atoms with van der Waals surface area (Å²) < 4.78 is 0. The Morgan fingerprint density at radius 3 is 2.50 bits per heavy atom. The lowest BCUT2D eigenvalue weighted by Crippen LogP contribution is -2.13. The fraction of sp³-hybridized carbons (Fsp3) is 0.300. The van der Waals surface area contributed by atoms with E-state index >= 15 is 0 Å². The van der Waals surface area contributed by atoms with Crippen LogP contribution in [0.4, 0.5) is 0 Å². The molecule has 0 saturated carbocycles. The maximum Gasteiger partial charge on any atom is 0.206 e. The van der Waals surface area contributed by atoms with Gasteiger partial charge in [-0.25, -0.2) is 0 Å². The van der Waals surface area contributed by atoms with Crippen molar-refractivity contribution in [3.63, 3.8) is 0 Å². The molecule has 0 fully saturated rings. The van der Waals surface area contributed by atoms with Crippen LogP contribution in [-0.4, -0.2) is 16.7 Å². The van der Waals surface area contributed by atoms with E-state index in [0.29, 0.717) is 11.4 Å². The molecule has 14 heavy (non-hydrogen) atoms. The van der Waals surface area contributed by atoms with Gasteiger partial charge >= 0.3 is 0 Å². The molecule has 1 unspecified atom stereocenters. The molecule has 0 spiro atoms. The lowest BCUT2D eigenvalue weighted by atomic mass is 10.1. The molecule has 0 amide bonds. The molecular formula is C10H10Cl2OS. The Hall–Kier alpha value is -0.180. The van der Waals surface area contributed by atoms with Crippen molar-refractivity contribution in [2.45, 2.75) is 11.8 Å². The number of hydrogen-bond acceptors (Lipinski definition) is 2. The van der Waals surface area contributed by atoms with Crippen LogP contribution < -0.4 is 0 Å². The molecule has 0 aliphatic rings. The minimum absolute atomic E-state index is 0.00150. The Labute approximate surface area is 97.8 Å². The summed E-state index contributed by atoms with van der Waals surface area (Å²) in [4.78, 5) is 11.2. The summed E-state index contributed by atoms with van der Waals surface area (Å²) in [5.41, 5.74) is 1.02. The fourth-order valence-electron chi connectivity index (χ4n) is 1.04. The van der Waals surface area contributed by atoms with E-state index in [9.17, 15) is 4.79 Å². The van der Waals surface area contributed by atoms with Gasteiger partial charge in [-0.2, -0.15) is 0 Å². The lowest BCUT2D eigenvalue weighted by Gasteiger charge is -2.06. The standard InChI is InChI=1S/C10H10Cl2OS/c1-14-10(13)9(12)6-7-2-4-8(11)5-3-7/h2-5,9H,6H2,1H3. The van der Waals surface area contributed by atoms with Crippen molar-refractivity contribution in [3.8, 4) is 0 Å². The molecule has 0 aliphatic carbocycles. The molecule has 0 radical (unpaired) electrons. The molecule has 0 bridgehead atoms. The molecule has 4 heteroatoms. The lowest BCUT2D eigenvalue weighted by molar-refractivity contribution is -0.110. The van der Waals surface area contributed by atoms with Gasteiger partial charge < -0.3 is 0 Å². The van der Waals surface area contributed by atoms with Gasteiger partial charge in [-0.15, -0.1) is 11.6 Å². The maximum absolute atomic E-state index is 11.2. The van der Waals surface area contributed by atoms with Crippen LogP contribution >= 0.6 is 35.0 Å². The maximum atomic E-state index is 11.2. The van der Waals surface area contributed by atoms with Crippen LogP contribution in [0.3, 0.4) is 0 Å². The summed E-state index contributed by atoms with van der Waals surface area (Å²) in [6.07, 6.45) is 2.29.